The molecule has 1 N–H and O–H groups in total. The van der Waals surface area contributed by atoms with E-state index in [1.54, 1.807) is 0 Å². The van der Waals surface area contributed by atoms with Gasteiger partial charge in [0.1, 0.15) is 0 Å². The smallest absolute Gasteiger partial charge is 0.337 e. The van der Waals surface area contributed by atoms with Gasteiger partial charge in [-0.2, -0.15) is 0 Å². The molecule has 1 heterocycles. The zero-order valence-electron chi connectivity index (χ0n) is 12.2. The minimum absolute atomic E-state index is 0.279. The van der Waals surface area contributed by atoms with Crippen molar-refractivity contribution in [2.45, 2.75) is 38.3 Å². The molecule has 1 aliphatic carbocycles. The SMILES string of the molecule is COC(=O)c1ccc(C)c(NC2CCN(C3CC3)C2)c1. The highest BCUT2D eigenvalue weighted by Gasteiger charge is 2.34. The molecule has 2 aliphatic rings. The Morgan fingerprint density at radius 3 is 2.85 bits per heavy atom. The van der Waals surface area contributed by atoms with Crippen molar-refractivity contribution in [2.24, 2.45) is 0 Å². The maximum absolute atomic E-state index is 11.6. The lowest BCUT2D eigenvalue weighted by Crippen LogP contribution is -2.28. The molecule has 1 aromatic rings. The molecule has 1 atom stereocenters. The number of esters is 1. The number of nitrogens with one attached hydrogen (secondary N) is 1. The Morgan fingerprint density at radius 2 is 2.15 bits per heavy atom. The standard InChI is InChI=1S/C16H22N2O2/c1-11-3-4-12(16(19)20-2)9-15(11)17-13-7-8-18(10-13)14-5-6-14/h3-4,9,13-14,17H,5-8,10H2,1-2H3. The van der Waals surface area contributed by atoms with E-state index < -0.39 is 0 Å². The zero-order chi connectivity index (χ0) is 14.1. The largest absolute Gasteiger partial charge is 0.465 e. The number of methoxy groups -OCH3 is 1. The molecule has 108 valence electrons. The average Bonchev–Trinajstić information content (AvgIpc) is 3.21. The van der Waals surface area contributed by atoms with Gasteiger partial charge in [-0.25, -0.2) is 4.79 Å². The van der Waals surface area contributed by atoms with Crippen LogP contribution in [-0.4, -0.2) is 43.2 Å². The number of likely N-dealkylation sites (tertiary alicyclic amines) is 1. The fourth-order valence-electron chi connectivity index (χ4n) is 2.92. The van der Waals surface area contributed by atoms with Gasteiger partial charge in [-0.3, -0.25) is 4.90 Å². The second-order valence-corrected chi connectivity index (χ2v) is 5.88. The predicted molar refractivity (Wildman–Crippen MR) is 79.1 cm³/mol. The number of hydrogen-bond acceptors (Lipinski definition) is 4. The van der Waals surface area contributed by atoms with Gasteiger partial charge in [0.15, 0.2) is 0 Å². The van der Waals surface area contributed by atoms with E-state index in [-0.39, 0.29) is 5.97 Å². The molecule has 1 saturated heterocycles. The van der Waals surface area contributed by atoms with Crippen molar-refractivity contribution in [3.63, 3.8) is 0 Å². The molecular formula is C16H22N2O2. The van der Waals surface area contributed by atoms with Gasteiger partial charge < -0.3 is 10.1 Å². The number of ether oxygens (including phenoxy) is 1. The fourth-order valence-corrected chi connectivity index (χ4v) is 2.92. The van der Waals surface area contributed by atoms with Gasteiger partial charge in [0, 0.05) is 30.9 Å². The summed E-state index contributed by atoms with van der Waals surface area (Å²) < 4.78 is 4.78. The number of benzene rings is 1. The lowest BCUT2D eigenvalue weighted by atomic mass is 10.1. The number of nitrogens with zero attached hydrogens (tertiary/aromatic N) is 1. The van der Waals surface area contributed by atoms with E-state index in [1.165, 1.54) is 38.5 Å². The normalized spacial score (nSPS) is 22.8. The van der Waals surface area contributed by atoms with Crippen LogP contribution in [-0.2, 0) is 4.74 Å². The summed E-state index contributed by atoms with van der Waals surface area (Å²) in [7, 11) is 1.42. The molecule has 0 radical (unpaired) electrons. The number of carbonyl (C=O) groups excluding carboxylic acids is 1. The van der Waals surface area contributed by atoms with E-state index in [9.17, 15) is 4.79 Å². The summed E-state index contributed by atoms with van der Waals surface area (Å²) in [6.45, 7) is 4.38. The van der Waals surface area contributed by atoms with Crippen LogP contribution in [0.25, 0.3) is 0 Å². The van der Waals surface area contributed by atoms with Crippen LogP contribution in [0.1, 0.15) is 35.2 Å². The van der Waals surface area contributed by atoms with E-state index in [2.05, 4.69) is 17.1 Å². The molecule has 0 amide bonds. The summed E-state index contributed by atoms with van der Waals surface area (Å²) in [5, 5.41) is 3.59. The van der Waals surface area contributed by atoms with Gasteiger partial charge in [0.2, 0.25) is 0 Å². The topological polar surface area (TPSA) is 41.6 Å². The molecule has 1 saturated carbocycles. The molecule has 0 bridgehead atoms. The van der Waals surface area contributed by atoms with Gasteiger partial charge in [0.25, 0.3) is 0 Å². The Kier molecular flexibility index (Phi) is 3.66. The maximum Gasteiger partial charge on any atom is 0.337 e. The van der Waals surface area contributed by atoms with E-state index in [0.717, 1.165) is 18.3 Å². The van der Waals surface area contributed by atoms with Crippen molar-refractivity contribution in [3.8, 4) is 0 Å². The third-order valence-electron chi connectivity index (χ3n) is 4.30. The molecule has 4 heteroatoms. The van der Waals surface area contributed by atoms with Crippen molar-refractivity contribution in [2.75, 3.05) is 25.5 Å². The first kappa shape index (κ1) is 13.4. The molecule has 0 spiro atoms. The zero-order valence-corrected chi connectivity index (χ0v) is 12.2. The van der Waals surface area contributed by atoms with Gasteiger partial charge >= 0.3 is 5.97 Å². The van der Waals surface area contributed by atoms with Crippen molar-refractivity contribution >= 4 is 11.7 Å². The van der Waals surface area contributed by atoms with Crippen LogP contribution in [0.2, 0.25) is 0 Å². The van der Waals surface area contributed by atoms with E-state index in [0.29, 0.717) is 11.6 Å². The number of rotatable bonds is 4. The third kappa shape index (κ3) is 2.80. The summed E-state index contributed by atoms with van der Waals surface area (Å²) in [5.74, 6) is -0.279. The molecule has 3 rings (SSSR count). The first-order chi connectivity index (χ1) is 9.67. The number of aryl methyl sites for hydroxylation is 1. The average molecular weight is 274 g/mol. The predicted octanol–water partition coefficient (Wildman–Crippen LogP) is 2.43. The first-order valence-corrected chi connectivity index (χ1v) is 7.37. The van der Waals surface area contributed by atoms with E-state index >= 15 is 0 Å². The quantitative estimate of drug-likeness (QED) is 0.856. The summed E-state index contributed by atoms with van der Waals surface area (Å²) >= 11 is 0. The van der Waals surface area contributed by atoms with Crippen molar-refractivity contribution in [1.29, 1.82) is 0 Å². The van der Waals surface area contributed by atoms with Crippen LogP contribution in [0, 0.1) is 6.92 Å². The Hall–Kier alpha value is -1.55. The Bertz CT molecular complexity index is 511. The highest BCUT2D eigenvalue weighted by molar-refractivity contribution is 5.90. The van der Waals surface area contributed by atoms with Crippen LogP contribution in [0.15, 0.2) is 18.2 Å². The molecule has 1 aliphatic heterocycles. The molecule has 0 aromatic heterocycles. The lowest BCUT2D eigenvalue weighted by molar-refractivity contribution is 0.0601. The summed E-state index contributed by atoms with van der Waals surface area (Å²) in [6, 6.07) is 7.02. The van der Waals surface area contributed by atoms with Crippen LogP contribution in [0.3, 0.4) is 0 Å². The second kappa shape index (κ2) is 5.44. The first-order valence-electron chi connectivity index (χ1n) is 7.37. The van der Waals surface area contributed by atoms with Crippen LogP contribution in [0.5, 0.6) is 0 Å². The van der Waals surface area contributed by atoms with Crippen LogP contribution >= 0.6 is 0 Å². The van der Waals surface area contributed by atoms with Gasteiger partial charge in [-0.15, -0.1) is 0 Å². The highest BCUT2D eigenvalue weighted by Crippen LogP contribution is 2.31. The molecule has 1 unspecified atom stereocenters. The monoisotopic (exact) mass is 274 g/mol. The maximum atomic E-state index is 11.6. The number of hydrogen-bond donors (Lipinski definition) is 1. The summed E-state index contributed by atoms with van der Waals surface area (Å²) in [5.41, 5.74) is 2.83. The number of carbonyl (C=O) groups is 1. The Morgan fingerprint density at radius 1 is 1.35 bits per heavy atom. The third-order valence-corrected chi connectivity index (χ3v) is 4.30. The molecular weight excluding hydrogens is 252 g/mol. The van der Waals surface area contributed by atoms with Gasteiger partial charge in [0.05, 0.1) is 12.7 Å². The summed E-state index contributed by atoms with van der Waals surface area (Å²) in [4.78, 5) is 14.2. The van der Waals surface area contributed by atoms with Crippen LogP contribution in [0.4, 0.5) is 5.69 Å². The van der Waals surface area contributed by atoms with E-state index in [1.807, 2.05) is 18.2 Å². The molecule has 1 aromatic carbocycles. The van der Waals surface area contributed by atoms with Crippen molar-refractivity contribution in [1.82, 2.24) is 4.90 Å². The molecule has 4 nitrogen and oxygen atoms in total. The lowest BCUT2D eigenvalue weighted by Gasteiger charge is -2.18. The molecule has 20 heavy (non-hydrogen) atoms. The van der Waals surface area contributed by atoms with Crippen LogP contribution < -0.4 is 5.32 Å². The van der Waals surface area contributed by atoms with Crippen molar-refractivity contribution < 1.29 is 9.53 Å². The highest BCUT2D eigenvalue weighted by atomic mass is 16.5. The van der Waals surface area contributed by atoms with Crippen molar-refractivity contribution in [3.05, 3.63) is 29.3 Å². The fraction of sp³-hybridized carbons (Fsp3) is 0.562. The van der Waals surface area contributed by atoms with Gasteiger partial charge in [-0.05, 0) is 43.9 Å². The minimum Gasteiger partial charge on any atom is -0.465 e. The van der Waals surface area contributed by atoms with Gasteiger partial charge in [-0.1, -0.05) is 6.07 Å². The minimum atomic E-state index is -0.279. The number of anilines is 1. The summed E-state index contributed by atoms with van der Waals surface area (Å²) in [6.07, 6.45) is 3.91. The second-order valence-electron chi connectivity index (χ2n) is 5.88. The molecule has 2 fully saturated rings. The Labute approximate surface area is 120 Å². The Balaban J connectivity index is 1.68. The van der Waals surface area contributed by atoms with E-state index in [4.69, 9.17) is 4.74 Å².